The number of imidazole rings is 1. The summed E-state index contributed by atoms with van der Waals surface area (Å²) in [7, 11) is 0. The molecule has 0 amide bonds. The zero-order valence-electron chi connectivity index (χ0n) is 12.8. The first-order valence-electron chi connectivity index (χ1n) is 7.40. The molecule has 0 aliphatic heterocycles. The average molecular weight is 306 g/mol. The van der Waals surface area contributed by atoms with Crippen LogP contribution in [0.5, 0.6) is 0 Å². The van der Waals surface area contributed by atoms with Crippen molar-refractivity contribution in [3.8, 4) is 0 Å². The van der Waals surface area contributed by atoms with Gasteiger partial charge in [-0.05, 0) is 37.5 Å². The standard InChI is InChI=1S/C16H22N2O2S/c1-4-6-12(5-2)18-14-8-7-11(3)9-13(14)17-16(18)21-10-15(19)20/h7-9,12H,4-6,10H2,1-3H3,(H,19,20). The van der Waals surface area contributed by atoms with Crippen molar-refractivity contribution in [1.29, 1.82) is 0 Å². The van der Waals surface area contributed by atoms with Crippen LogP contribution in [0.2, 0.25) is 0 Å². The quantitative estimate of drug-likeness (QED) is 0.776. The molecule has 1 aromatic carbocycles. The maximum absolute atomic E-state index is 10.9. The lowest BCUT2D eigenvalue weighted by Crippen LogP contribution is -2.10. The minimum absolute atomic E-state index is 0.0465. The number of benzene rings is 1. The normalized spacial score (nSPS) is 12.7. The summed E-state index contributed by atoms with van der Waals surface area (Å²) in [4.78, 5) is 15.5. The number of nitrogens with zero attached hydrogens (tertiary/aromatic N) is 2. The molecule has 0 saturated heterocycles. The van der Waals surface area contributed by atoms with Crippen molar-refractivity contribution in [2.24, 2.45) is 0 Å². The van der Waals surface area contributed by atoms with Gasteiger partial charge in [-0.1, -0.05) is 38.1 Å². The van der Waals surface area contributed by atoms with Crippen LogP contribution in [0.25, 0.3) is 11.0 Å². The molecule has 0 spiro atoms. The summed E-state index contributed by atoms with van der Waals surface area (Å²) in [6.45, 7) is 6.40. The van der Waals surface area contributed by atoms with E-state index < -0.39 is 5.97 Å². The molecule has 0 aliphatic rings. The Kier molecular flexibility index (Phi) is 5.28. The van der Waals surface area contributed by atoms with Crippen molar-refractivity contribution in [3.05, 3.63) is 23.8 Å². The zero-order chi connectivity index (χ0) is 15.4. The number of carbonyl (C=O) groups is 1. The summed E-state index contributed by atoms with van der Waals surface area (Å²) in [6.07, 6.45) is 3.21. The van der Waals surface area contributed by atoms with Crippen LogP contribution in [-0.4, -0.2) is 26.4 Å². The van der Waals surface area contributed by atoms with Crippen molar-refractivity contribution in [2.75, 3.05) is 5.75 Å². The van der Waals surface area contributed by atoms with E-state index in [0.717, 1.165) is 35.5 Å². The fourth-order valence-corrected chi connectivity index (χ4v) is 3.42. The van der Waals surface area contributed by atoms with Crippen molar-refractivity contribution in [1.82, 2.24) is 9.55 Å². The first-order valence-corrected chi connectivity index (χ1v) is 8.38. The van der Waals surface area contributed by atoms with Gasteiger partial charge in [-0.15, -0.1) is 0 Å². The molecule has 0 aliphatic carbocycles. The highest BCUT2D eigenvalue weighted by atomic mass is 32.2. The maximum atomic E-state index is 10.9. The third-order valence-electron chi connectivity index (χ3n) is 3.60. The molecule has 1 unspecified atom stereocenters. The third-order valence-corrected chi connectivity index (χ3v) is 4.53. The number of carboxylic acid groups (broad SMARTS) is 1. The molecule has 4 nitrogen and oxygen atoms in total. The highest BCUT2D eigenvalue weighted by molar-refractivity contribution is 7.99. The second kappa shape index (κ2) is 6.98. The van der Waals surface area contributed by atoms with E-state index in [4.69, 9.17) is 5.11 Å². The molecule has 1 N–H and O–H groups in total. The van der Waals surface area contributed by atoms with Gasteiger partial charge in [0.2, 0.25) is 0 Å². The monoisotopic (exact) mass is 306 g/mol. The van der Waals surface area contributed by atoms with Crippen molar-refractivity contribution >= 4 is 28.8 Å². The highest BCUT2D eigenvalue weighted by Crippen LogP contribution is 2.31. The van der Waals surface area contributed by atoms with Crippen LogP contribution < -0.4 is 0 Å². The van der Waals surface area contributed by atoms with Crippen LogP contribution in [0.1, 0.15) is 44.7 Å². The van der Waals surface area contributed by atoms with Crippen LogP contribution in [0.3, 0.4) is 0 Å². The summed E-state index contributed by atoms with van der Waals surface area (Å²) in [5.41, 5.74) is 3.23. The van der Waals surface area contributed by atoms with Crippen LogP contribution in [0.4, 0.5) is 0 Å². The molecule has 0 bridgehead atoms. The van der Waals surface area contributed by atoms with Gasteiger partial charge in [0.25, 0.3) is 0 Å². The SMILES string of the molecule is CCCC(CC)n1c(SCC(=O)O)nc2cc(C)ccc21. The van der Waals surface area contributed by atoms with E-state index in [1.54, 1.807) is 0 Å². The minimum atomic E-state index is -0.807. The van der Waals surface area contributed by atoms with Gasteiger partial charge in [-0.2, -0.15) is 0 Å². The zero-order valence-corrected chi connectivity index (χ0v) is 13.6. The van der Waals surface area contributed by atoms with Crippen molar-refractivity contribution < 1.29 is 9.90 Å². The van der Waals surface area contributed by atoms with Crippen LogP contribution in [-0.2, 0) is 4.79 Å². The Balaban J connectivity index is 2.50. The van der Waals surface area contributed by atoms with Gasteiger partial charge < -0.3 is 9.67 Å². The second-order valence-electron chi connectivity index (χ2n) is 5.29. The molecule has 0 radical (unpaired) electrons. The van der Waals surface area contributed by atoms with Crippen LogP contribution in [0, 0.1) is 6.92 Å². The van der Waals surface area contributed by atoms with E-state index >= 15 is 0 Å². The van der Waals surface area contributed by atoms with Gasteiger partial charge in [-0.25, -0.2) is 4.98 Å². The van der Waals surface area contributed by atoms with Gasteiger partial charge in [0, 0.05) is 6.04 Å². The first kappa shape index (κ1) is 15.9. The molecular weight excluding hydrogens is 284 g/mol. The molecule has 5 heteroatoms. The number of aliphatic carboxylic acids is 1. The number of rotatable bonds is 7. The molecule has 1 heterocycles. The number of hydrogen-bond donors (Lipinski definition) is 1. The van der Waals surface area contributed by atoms with Crippen LogP contribution >= 0.6 is 11.8 Å². The van der Waals surface area contributed by atoms with E-state index in [0.29, 0.717) is 6.04 Å². The summed E-state index contributed by atoms with van der Waals surface area (Å²) < 4.78 is 2.23. The molecule has 2 aromatic rings. The molecule has 1 atom stereocenters. The number of aryl methyl sites for hydroxylation is 1. The van der Waals surface area contributed by atoms with Gasteiger partial charge in [0.15, 0.2) is 5.16 Å². The number of hydrogen-bond acceptors (Lipinski definition) is 3. The Hall–Kier alpha value is -1.49. The van der Waals surface area contributed by atoms with Gasteiger partial charge >= 0.3 is 5.97 Å². The fraction of sp³-hybridized carbons (Fsp3) is 0.500. The van der Waals surface area contributed by atoms with Gasteiger partial charge in [0.05, 0.1) is 16.8 Å². The lowest BCUT2D eigenvalue weighted by atomic mass is 10.1. The minimum Gasteiger partial charge on any atom is -0.481 e. The average Bonchev–Trinajstić information content (AvgIpc) is 2.79. The van der Waals surface area contributed by atoms with Gasteiger partial charge in [-0.3, -0.25) is 4.79 Å². The number of fused-ring (bicyclic) bond motifs is 1. The van der Waals surface area contributed by atoms with Crippen molar-refractivity contribution in [3.63, 3.8) is 0 Å². The third kappa shape index (κ3) is 3.59. The largest absolute Gasteiger partial charge is 0.481 e. The van der Waals surface area contributed by atoms with Crippen molar-refractivity contribution in [2.45, 2.75) is 51.2 Å². The summed E-state index contributed by atoms with van der Waals surface area (Å²) in [5.74, 6) is -0.761. The summed E-state index contributed by atoms with van der Waals surface area (Å²) in [6, 6.07) is 6.63. The highest BCUT2D eigenvalue weighted by Gasteiger charge is 2.18. The first-order chi connectivity index (χ1) is 10.1. The lowest BCUT2D eigenvalue weighted by molar-refractivity contribution is -0.133. The predicted molar refractivity (Wildman–Crippen MR) is 87.1 cm³/mol. The van der Waals surface area contributed by atoms with E-state index in [1.165, 1.54) is 17.3 Å². The maximum Gasteiger partial charge on any atom is 0.313 e. The predicted octanol–water partition coefficient (Wildman–Crippen LogP) is 4.27. The fourth-order valence-electron chi connectivity index (χ4n) is 2.62. The molecule has 114 valence electrons. The molecule has 1 aromatic heterocycles. The van der Waals surface area contributed by atoms with E-state index in [2.05, 4.69) is 41.6 Å². The summed E-state index contributed by atoms with van der Waals surface area (Å²) >= 11 is 1.31. The molecule has 0 saturated carbocycles. The smallest absolute Gasteiger partial charge is 0.313 e. The Morgan fingerprint density at radius 2 is 2.19 bits per heavy atom. The molecule has 0 fully saturated rings. The summed E-state index contributed by atoms with van der Waals surface area (Å²) in [5, 5.41) is 9.74. The Morgan fingerprint density at radius 1 is 1.43 bits per heavy atom. The topological polar surface area (TPSA) is 55.1 Å². The Bertz CT molecular complexity index is 636. The Labute approximate surface area is 129 Å². The second-order valence-corrected chi connectivity index (χ2v) is 6.23. The van der Waals surface area contributed by atoms with E-state index in [9.17, 15) is 4.79 Å². The number of aromatic nitrogens is 2. The Morgan fingerprint density at radius 3 is 2.81 bits per heavy atom. The van der Waals surface area contributed by atoms with Crippen LogP contribution in [0.15, 0.2) is 23.4 Å². The number of thioether (sulfide) groups is 1. The lowest BCUT2D eigenvalue weighted by Gasteiger charge is -2.19. The van der Waals surface area contributed by atoms with E-state index in [1.807, 2.05) is 6.92 Å². The molecular formula is C16H22N2O2S. The number of carboxylic acids is 1. The molecule has 2 rings (SSSR count). The molecule has 21 heavy (non-hydrogen) atoms. The van der Waals surface area contributed by atoms with E-state index in [-0.39, 0.29) is 5.75 Å². The van der Waals surface area contributed by atoms with Gasteiger partial charge in [0.1, 0.15) is 0 Å².